The highest BCUT2D eigenvalue weighted by Crippen LogP contribution is 2.48. The molecular weight excluding hydrogens is 332 g/mol. The molecule has 0 spiro atoms. The zero-order chi connectivity index (χ0) is 18.6. The standard InChI is InChI=1S/C17H22O8/c1-9(18)23-8-10-13-11(19)6-16(3,21)17(22)5-4-15(2,25-17)7-12(13)24-14(10)20/h7,11,19,21-22H,4-6,8H2,1-3H3/b12-7+/t11-,15-,16+,17+/m0/s1. The van der Waals surface area contributed by atoms with E-state index in [4.69, 9.17) is 14.2 Å². The van der Waals surface area contributed by atoms with Crippen molar-refractivity contribution in [3.05, 3.63) is 23.0 Å². The second-order valence-electron chi connectivity index (χ2n) is 7.26. The van der Waals surface area contributed by atoms with E-state index in [-0.39, 0.29) is 36.4 Å². The molecule has 0 aromatic carbocycles. The Morgan fingerprint density at radius 2 is 2.04 bits per heavy atom. The Hall–Kier alpha value is -1.74. The van der Waals surface area contributed by atoms with Crippen LogP contribution in [0.25, 0.3) is 0 Å². The Kier molecular flexibility index (Phi) is 4.07. The van der Waals surface area contributed by atoms with E-state index in [0.717, 1.165) is 0 Å². The van der Waals surface area contributed by atoms with Crippen LogP contribution in [-0.4, -0.2) is 57.0 Å². The van der Waals surface area contributed by atoms with Crippen molar-refractivity contribution in [1.29, 1.82) is 0 Å². The van der Waals surface area contributed by atoms with Crippen molar-refractivity contribution in [2.75, 3.05) is 6.61 Å². The van der Waals surface area contributed by atoms with Crippen LogP contribution in [0.3, 0.4) is 0 Å². The minimum absolute atomic E-state index is 0.0121. The SMILES string of the molecule is CC(=O)OCC1=C2/C(=C\[C@]3(C)CC[C@@](O)(O3)[C@](C)(O)C[C@@H]2O)OC1=O. The average molecular weight is 354 g/mol. The van der Waals surface area contributed by atoms with Crippen LogP contribution in [0.5, 0.6) is 0 Å². The molecule has 0 amide bonds. The van der Waals surface area contributed by atoms with Crippen molar-refractivity contribution >= 4 is 11.9 Å². The molecule has 2 bridgehead atoms. The number of carbonyl (C=O) groups excluding carboxylic acids is 2. The van der Waals surface area contributed by atoms with Crippen molar-refractivity contribution in [2.45, 2.75) is 63.1 Å². The minimum Gasteiger partial charge on any atom is -0.461 e. The highest BCUT2D eigenvalue weighted by Gasteiger charge is 2.58. The van der Waals surface area contributed by atoms with Gasteiger partial charge in [-0.15, -0.1) is 0 Å². The Labute approximate surface area is 144 Å². The van der Waals surface area contributed by atoms with Gasteiger partial charge in [0, 0.05) is 25.3 Å². The van der Waals surface area contributed by atoms with Gasteiger partial charge in [0.2, 0.25) is 0 Å². The molecule has 8 heteroatoms. The van der Waals surface area contributed by atoms with Gasteiger partial charge in [-0.3, -0.25) is 4.79 Å². The van der Waals surface area contributed by atoms with Crippen LogP contribution in [-0.2, 0) is 23.8 Å². The van der Waals surface area contributed by atoms with Crippen LogP contribution < -0.4 is 0 Å². The highest BCUT2D eigenvalue weighted by atomic mass is 16.7. The van der Waals surface area contributed by atoms with Gasteiger partial charge in [-0.1, -0.05) is 0 Å². The first-order chi connectivity index (χ1) is 11.5. The maximum atomic E-state index is 12.2. The van der Waals surface area contributed by atoms with Crippen molar-refractivity contribution in [2.24, 2.45) is 0 Å². The monoisotopic (exact) mass is 354 g/mol. The molecule has 3 aliphatic heterocycles. The van der Waals surface area contributed by atoms with Gasteiger partial charge in [-0.05, 0) is 26.3 Å². The summed E-state index contributed by atoms with van der Waals surface area (Å²) in [6.07, 6.45) is 0.480. The first-order valence-corrected chi connectivity index (χ1v) is 8.11. The van der Waals surface area contributed by atoms with Gasteiger partial charge in [-0.2, -0.15) is 0 Å². The molecule has 0 aromatic rings. The third-order valence-corrected chi connectivity index (χ3v) is 5.02. The number of hydrogen-bond acceptors (Lipinski definition) is 8. The van der Waals surface area contributed by atoms with Crippen LogP contribution in [0.1, 0.15) is 40.0 Å². The van der Waals surface area contributed by atoms with E-state index in [1.54, 1.807) is 6.92 Å². The number of aliphatic hydroxyl groups is 3. The maximum Gasteiger partial charge on any atom is 0.343 e. The van der Waals surface area contributed by atoms with Crippen LogP contribution in [0.4, 0.5) is 0 Å². The van der Waals surface area contributed by atoms with Gasteiger partial charge in [0.1, 0.15) is 18.0 Å². The zero-order valence-electron chi connectivity index (χ0n) is 14.4. The van der Waals surface area contributed by atoms with Gasteiger partial charge in [0.15, 0.2) is 5.79 Å². The fourth-order valence-corrected chi connectivity index (χ4v) is 3.56. The number of aliphatic hydroxyl groups excluding tert-OH is 1. The number of esters is 2. The second-order valence-corrected chi connectivity index (χ2v) is 7.26. The molecule has 0 unspecified atom stereocenters. The number of fused-ring (bicyclic) bond motifs is 3. The van der Waals surface area contributed by atoms with E-state index < -0.39 is 35.0 Å². The van der Waals surface area contributed by atoms with E-state index in [1.807, 2.05) is 0 Å². The number of carbonyl (C=O) groups is 2. The molecule has 0 aliphatic carbocycles. The molecule has 4 atom stereocenters. The normalized spacial score (nSPS) is 42.7. The predicted octanol–water partition coefficient (Wildman–Crippen LogP) is 0.0601. The Balaban J connectivity index is 2.09. The lowest BCUT2D eigenvalue weighted by molar-refractivity contribution is -0.297. The van der Waals surface area contributed by atoms with E-state index in [2.05, 4.69) is 0 Å². The molecule has 8 nitrogen and oxygen atoms in total. The van der Waals surface area contributed by atoms with Crippen LogP contribution >= 0.6 is 0 Å². The molecule has 0 saturated carbocycles. The summed E-state index contributed by atoms with van der Waals surface area (Å²) in [6.45, 7) is 3.93. The van der Waals surface area contributed by atoms with Gasteiger partial charge < -0.3 is 29.5 Å². The molecule has 1 saturated heterocycles. The molecular formula is C17H22O8. The Morgan fingerprint density at radius 3 is 2.68 bits per heavy atom. The van der Waals surface area contributed by atoms with E-state index in [1.165, 1.54) is 19.9 Å². The van der Waals surface area contributed by atoms with Crippen molar-refractivity contribution in [3.63, 3.8) is 0 Å². The lowest BCUT2D eigenvalue weighted by Gasteiger charge is -2.39. The first-order valence-electron chi connectivity index (χ1n) is 8.11. The Morgan fingerprint density at radius 1 is 1.36 bits per heavy atom. The second kappa shape index (κ2) is 5.63. The smallest absolute Gasteiger partial charge is 0.343 e. The first kappa shape index (κ1) is 18.1. The number of rotatable bonds is 2. The quantitative estimate of drug-likeness (QED) is 0.595. The molecule has 25 heavy (non-hydrogen) atoms. The molecule has 3 heterocycles. The summed E-state index contributed by atoms with van der Waals surface area (Å²) in [7, 11) is 0. The van der Waals surface area contributed by atoms with Gasteiger partial charge in [-0.25, -0.2) is 4.79 Å². The predicted molar refractivity (Wildman–Crippen MR) is 82.8 cm³/mol. The Bertz CT molecular complexity index is 691. The van der Waals surface area contributed by atoms with Crippen molar-refractivity contribution in [1.82, 2.24) is 0 Å². The average Bonchev–Trinajstić information content (AvgIpc) is 2.94. The number of hydrogen-bond donors (Lipinski definition) is 3. The molecule has 3 N–H and O–H groups in total. The van der Waals surface area contributed by atoms with E-state index in [0.29, 0.717) is 6.42 Å². The lowest BCUT2D eigenvalue weighted by Crippen LogP contribution is -2.54. The zero-order valence-corrected chi connectivity index (χ0v) is 14.4. The summed E-state index contributed by atoms with van der Waals surface area (Å²) >= 11 is 0. The summed E-state index contributed by atoms with van der Waals surface area (Å²) in [4.78, 5) is 23.2. The molecule has 3 aliphatic rings. The molecule has 0 aromatic heterocycles. The molecule has 138 valence electrons. The molecule has 1 fully saturated rings. The van der Waals surface area contributed by atoms with Crippen molar-refractivity contribution < 1.29 is 39.1 Å². The van der Waals surface area contributed by atoms with Crippen molar-refractivity contribution in [3.8, 4) is 0 Å². The molecule has 0 radical (unpaired) electrons. The van der Waals surface area contributed by atoms with E-state index >= 15 is 0 Å². The third-order valence-electron chi connectivity index (χ3n) is 5.02. The summed E-state index contributed by atoms with van der Waals surface area (Å²) in [5, 5.41) is 32.1. The topological polar surface area (TPSA) is 123 Å². The highest BCUT2D eigenvalue weighted by molar-refractivity contribution is 5.95. The minimum atomic E-state index is -1.83. The fraction of sp³-hybridized carbons (Fsp3) is 0.647. The fourth-order valence-electron chi connectivity index (χ4n) is 3.56. The summed E-state index contributed by atoms with van der Waals surface area (Å²) in [6, 6.07) is 0. The van der Waals surface area contributed by atoms with Gasteiger partial charge >= 0.3 is 11.9 Å². The van der Waals surface area contributed by atoms with Crippen LogP contribution in [0.2, 0.25) is 0 Å². The molecule has 3 rings (SSSR count). The lowest BCUT2D eigenvalue weighted by atomic mass is 9.82. The van der Waals surface area contributed by atoms with Crippen LogP contribution in [0.15, 0.2) is 23.0 Å². The van der Waals surface area contributed by atoms with Gasteiger partial charge in [0.25, 0.3) is 0 Å². The summed E-state index contributed by atoms with van der Waals surface area (Å²) < 4.78 is 15.8. The van der Waals surface area contributed by atoms with Gasteiger partial charge in [0.05, 0.1) is 17.3 Å². The van der Waals surface area contributed by atoms with E-state index in [9.17, 15) is 24.9 Å². The third kappa shape index (κ3) is 2.99. The summed E-state index contributed by atoms with van der Waals surface area (Å²) in [5.74, 6) is -3.03. The largest absolute Gasteiger partial charge is 0.461 e. The van der Waals surface area contributed by atoms with Crippen LogP contribution in [0, 0.1) is 0 Å². The number of ether oxygens (including phenoxy) is 3. The summed E-state index contributed by atoms with van der Waals surface area (Å²) in [5.41, 5.74) is -2.59. The maximum absolute atomic E-state index is 12.2.